The minimum absolute atomic E-state index is 0.161. The van der Waals surface area contributed by atoms with Crippen LogP contribution in [0.5, 0.6) is 0 Å². The Bertz CT molecular complexity index is 539. The normalized spacial score (nSPS) is 32.1. The fourth-order valence-electron chi connectivity index (χ4n) is 3.41. The van der Waals surface area contributed by atoms with Gasteiger partial charge in [0.25, 0.3) is 0 Å². The highest BCUT2D eigenvalue weighted by Gasteiger charge is 2.55. The summed E-state index contributed by atoms with van der Waals surface area (Å²) in [4.78, 5) is 12.1. The largest absolute Gasteiger partial charge is 0.462 e. The lowest BCUT2D eigenvalue weighted by Gasteiger charge is -2.27. The monoisotopic (exact) mass is 288 g/mol. The summed E-state index contributed by atoms with van der Waals surface area (Å²) < 4.78 is 11.3. The summed E-state index contributed by atoms with van der Waals surface area (Å²) >= 11 is 0. The zero-order chi connectivity index (χ0) is 15.0. The van der Waals surface area contributed by atoms with Crippen LogP contribution in [0.2, 0.25) is 0 Å². The smallest absolute Gasteiger partial charge is 0.338 e. The maximum atomic E-state index is 12.1. The zero-order valence-corrected chi connectivity index (χ0v) is 13.1. The standard InChI is InChI=1S/C18H24O3/c1-12-6-4-5-7-15(12)17(19)20-11-13(2)14-8-9-18(3)16(10-14)21-18/h4-7,13-14,16H,8-11H2,1-3H3/t13?,14-,16-,18+/m0/s1. The molecular formula is C18H24O3. The lowest BCUT2D eigenvalue weighted by atomic mass is 9.77. The van der Waals surface area contributed by atoms with Crippen LogP contribution in [0.4, 0.5) is 0 Å². The Kier molecular flexibility index (Phi) is 3.78. The van der Waals surface area contributed by atoms with E-state index in [1.165, 1.54) is 6.42 Å². The topological polar surface area (TPSA) is 38.8 Å². The average Bonchev–Trinajstić information content (AvgIpc) is 3.15. The third-order valence-electron chi connectivity index (χ3n) is 5.21. The summed E-state index contributed by atoms with van der Waals surface area (Å²) in [6.07, 6.45) is 3.86. The van der Waals surface area contributed by atoms with Gasteiger partial charge in [-0.3, -0.25) is 0 Å². The molecule has 3 heteroatoms. The van der Waals surface area contributed by atoms with Crippen LogP contribution in [-0.4, -0.2) is 24.3 Å². The highest BCUT2D eigenvalue weighted by molar-refractivity contribution is 5.90. The van der Waals surface area contributed by atoms with Gasteiger partial charge in [0.1, 0.15) is 0 Å². The van der Waals surface area contributed by atoms with Crippen LogP contribution in [0.15, 0.2) is 24.3 Å². The van der Waals surface area contributed by atoms with Crippen molar-refractivity contribution in [3.8, 4) is 0 Å². The molecule has 4 atom stereocenters. The maximum Gasteiger partial charge on any atom is 0.338 e. The molecule has 2 fully saturated rings. The van der Waals surface area contributed by atoms with Crippen molar-refractivity contribution in [1.82, 2.24) is 0 Å². The Hall–Kier alpha value is -1.35. The van der Waals surface area contributed by atoms with Crippen molar-refractivity contribution in [2.24, 2.45) is 11.8 Å². The van der Waals surface area contributed by atoms with Gasteiger partial charge in [0.2, 0.25) is 0 Å². The predicted molar refractivity (Wildman–Crippen MR) is 81.2 cm³/mol. The van der Waals surface area contributed by atoms with Crippen molar-refractivity contribution in [2.45, 2.75) is 51.7 Å². The van der Waals surface area contributed by atoms with Crippen LogP contribution < -0.4 is 0 Å². The number of hydrogen-bond donors (Lipinski definition) is 0. The van der Waals surface area contributed by atoms with E-state index in [0.29, 0.717) is 30.1 Å². The molecule has 3 rings (SSSR count). The van der Waals surface area contributed by atoms with E-state index in [9.17, 15) is 4.79 Å². The molecule has 114 valence electrons. The molecule has 0 amide bonds. The van der Waals surface area contributed by atoms with E-state index in [-0.39, 0.29) is 11.6 Å². The number of fused-ring (bicyclic) bond motifs is 1. The molecule has 1 heterocycles. The lowest BCUT2D eigenvalue weighted by Crippen LogP contribution is -2.28. The molecule has 1 unspecified atom stereocenters. The molecule has 2 aliphatic rings. The van der Waals surface area contributed by atoms with Crippen LogP contribution in [0.25, 0.3) is 0 Å². The molecule has 1 aliphatic heterocycles. The van der Waals surface area contributed by atoms with E-state index in [2.05, 4.69) is 13.8 Å². The third kappa shape index (κ3) is 2.98. The number of ether oxygens (including phenoxy) is 2. The number of hydrogen-bond acceptors (Lipinski definition) is 3. The molecule has 0 N–H and O–H groups in total. The van der Waals surface area contributed by atoms with Gasteiger partial charge in [-0.15, -0.1) is 0 Å². The summed E-state index contributed by atoms with van der Waals surface area (Å²) in [6, 6.07) is 7.57. The minimum Gasteiger partial charge on any atom is -0.462 e. The molecular weight excluding hydrogens is 264 g/mol. The van der Waals surface area contributed by atoms with Crippen LogP contribution in [0, 0.1) is 18.8 Å². The summed E-state index contributed by atoms with van der Waals surface area (Å²) in [6.45, 7) is 6.82. The molecule has 0 spiro atoms. The van der Waals surface area contributed by atoms with E-state index in [1.54, 1.807) is 0 Å². The fraction of sp³-hybridized carbons (Fsp3) is 0.611. The van der Waals surface area contributed by atoms with Crippen molar-refractivity contribution in [3.63, 3.8) is 0 Å². The first-order valence-corrected chi connectivity index (χ1v) is 7.90. The van der Waals surface area contributed by atoms with Gasteiger partial charge in [0, 0.05) is 0 Å². The average molecular weight is 288 g/mol. The van der Waals surface area contributed by atoms with Crippen molar-refractivity contribution in [1.29, 1.82) is 0 Å². The van der Waals surface area contributed by atoms with Gasteiger partial charge in [-0.25, -0.2) is 4.79 Å². The number of rotatable bonds is 4. The van der Waals surface area contributed by atoms with Crippen LogP contribution in [0.3, 0.4) is 0 Å². The molecule has 1 saturated carbocycles. The van der Waals surface area contributed by atoms with Gasteiger partial charge in [0.15, 0.2) is 0 Å². The Morgan fingerprint density at radius 1 is 1.48 bits per heavy atom. The lowest BCUT2D eigenvalue weighted by molar-refractivity contribution is 0.0387. The summed E-state index contributed by atoms with van der Waals surface area (Å²) in [5.41, 5.74) is 1.80. The van der Waals surface area contributed by atoms with Crippen molar-refractivity contribution < 1.29 is 14.3 Å². The highest BCUT2D eigenvalue weighted by atomic mass is 16.6. The molecule has 1 aliphatic carbocycles. The van der Waals surface area contributed by atoms with Gasteiger partial charge in [-0.1, -0.05) is 25.1 Å². The molecule has 1 aromatic carbocycles. The van der Waals surface area contributed by atoms with E-state index < -0.39 is 0 Å². The predicted octanol–water partition coefficient (Wildman–Crippen LogP) is 3.75. The number of aryl methyl sites for hydroxylation is 1. The number of esters is 1. The van der Waals surface area contributed by atoms with Gasteiger partial charge in [-0.05, 0) is 56.6 Å². The molecule has 0 aromatic heterocycles. The zero-order valence-electron chi connectivity index (χ0n) is 13.1. The Balaban J connectivity index is 1.51. The molecule has 1 aromatic rings. The van der Waals surface area contributed by atoms with Crippen LogP contribution in [-0.2, 0) is 9.47 Å². The highest BCUT2D eigenvalue weighted by Crippen LogP contribution is 2.50. The first kappa shape index (κ1) is 14.6. The first-order valence-electron chi connectivity index (χ1n) is 7.90. The molecule has 1 saturated heterocycles. The van der Waals surface area contributed by atoms with Gasteiger partial charge in [-0.2, -0.15) is 0 Å². The quantitative estimate of drug-likeness (QED) is 0.625. The van der Waals surface area contributed by atoms with Crippen molar-refractivity contribution in [2.75, 3.05) is 6.61 Å². The minimum atomic E-state index is -0.205. The molecule has 3 nitrogen and oxygen atoms in total. The summed E-state index contributed by atoms with van der Waals surface area (Å²) in [5, 5.41) is 0. The molecule has 21 heavy (non-hydrogen) atoms. The van der Waals surface area contributed by atoms with Crippen LogP contribution in [0.1, 0.15) is 49.0 Å². The first-order chi connectivity index (χ1) is 9.99. The Morgan fingerprint density at radius 2 is 2.24 bits per heavy atom. The third-order valence-corrected chi connectivity index (χ3v) is 5.21. The van der Waals surface area contributed by atoms with E-state index in [4.69, 9.17) is 9.47 Å². The Labute approximate surface area is 126 Å². The summed E-state index contributed by atoms with van der Waals surface area (Å²) in [5.74, 6) is 0.797. The van der Waals surface area contributed by atoms with Crippen LogP contribution >= 0.6 is 0 Å². The fourth-order valence-corrected chi connectivity index (χ4v) is 3.41. The molecule has 0 radical (unpaired) electrons. The van der Waals surface area contributed by atoms with E-state index in [0.717, 1.165) is 18.4 Å². The number of epoxide rings is 1. The molecule has 0 bridgehead atoms. The second kappa shape index (κ2) is 5.45. The number of carbonyl (C=O) groups is 1. The van der Waals surface area contributed by atoms with Gasteiger partial charge in [0.05, 0.1) is 23.9 Å². The number of carbonyl (C=O) groups excluding carboxylic acids is 1. The summed E-state index contributed by atoms with van der Waals surface area (Å²) in [7, 11) is 0. The second-order valence-corrected chi connectivity index (χ2v) is 6.84. The van der Waals surface area contributed by atoms with E-state index in [1.807, 2.05) is 31.2 Å². The number of benzene rings is 1. The maximum absolute atomic E-state index is 12.1. The van der Waals surface area contributed by atoms with E-state index >= 15 is 0 Å². The van der Waals surface area contributed by atoms with Crippen molar-refractivity contribution in [3.05, 3.63) is 35.4 Å². The van der Waals surface area contributed by atoms with Gasteiger partial charge >= 0.3 is 5.97 Å². The SMILES string of the molecule is Cc1ccccc1C(=O)OCC(C)[C@H]1CC[C@@]2(C)O[C@H]2C1. The Morgan fingerprint density at radius 3 is 2.95 bits per heavy atom. The van der Waals surface area contributed by atoms with Gasteiger partial charge < -0.3 is 9.47 Å². The van der Waals surface area contributed by atoms with Crippen molar-refractivity contribution >= 4 is 5.97 Å². The second-order valence-electron chi connectivity index (χ2n) is 6.84.